The first-order valence-electron chi connectivity index (χ1n) is 13.4. The fraction of sp³-hybridized carbons (Fsp3) is 0.414. The number of ether oxygens (including phenoxy) is 1. The lowest BCUT2D eigenvalue weighted by atomic mass is 9.97. The molecule has 2 saturated heterocycles. The molecule has 8 nitrogen and oxygen atoms in total. The summed E-state index contributed by atoms with van der Waals surface area (Å²) in [5, 5.41) is 8.09. The summed E-state index contributed by atoms with van der Waals surface area (Å²) >= 11 is 0. The van der Waals surface area contributed by atoms with Crippen molar-refractivity contribution in [3.05, 3.63) is 75.7 Å². The molecule has 1 saturated carbocycles. The summed E-state index contributed by atoms with van der Waals surface area (Å²) in [6, 6.07) is 13.9. The summed E-state index contributed by atoms with van der Waals surface area (Å²) < 4.78 is 31.9. The first-order valence-corrected chi connectivity index (χ1v) is 13.4. The third-order valence-corrected chi connectivity index (χ3v) is 8.27. The zero-order chi connectivity index (χ0) is 25.8. The number of nitrogens with one attached hydrogen (secondary N) is 1. The molecule has 4 aromatic rings. The molecule has 0 amide bonds. The Morgan fingerprint density at radius 2 is 1.82 bits per heavy atom. The highest BCUT2D eigenvalue weighted by atomic mass is 19.1. The Balaban J connectivity index is 1.08. The molecule has 2 bridgehead atoms. The SMILES string of the molecule is Cc1ccccc1-c1noc(C2CC2)c1COC1CC2CCC(C1)N2c1ccc(-c2noc(=O)[nH]2)c(F)c1. The van der Waals surface area contributed by atoms with Crippen molar-refractivity contribution in [2.45, 2.75) is 76.2 Å². The molecule has 9 heteroatoms. The van der Waals surface area contributed by atoms with Gasteiger partial charge in [-0.15, -0.1) is 0 Å². The van der Waals surface area contributed by atoms with Gasteiger partial charge in [-0.1, -0.05) is 34.6 Å². The van der Waals surface area contributed by atoms with Gasteiger partial charge in [0.1, 0.15) is 17.3 Å². The summed E-state index contributed by atoms with van der Waals surface area (Å²) in [5.41, 5.74) is 5.31. The molecule has 2 atom stereocenters. The third kappa shape index (κ3) is 4.15. The lowest BCUT2D eigenvalue weighted by Gasteiger charge is -2.40. The molecule has 2 aromatic carbocycles. The van der Waals surface area contributed by atoms with Gasteiger partial charge in [0.25, 0.3) is 0 Å². The molecule has 3 fully saturated rings. The number of hydrogen-bond acceptors (Lipinski definition) is 7. The number of aromatic amines is 1. The van der Waals surface area contributed by atoms with E-state index in [1.807, 2.05) is 18.2 Å². The number of aromatic nitrogens is 3. The lowest BCUT2D eigenvalue weighted by molar-refractivity contribution is 0.0147. The summed E-state index contributed by atoms with van der Waals surface area (Å²) in [5.74, 6) is 0.384. The van der Waals surface area contributed by atoms with E-state index in [1.54, 1.807) is 6.07 Å². The lowest BCUT2D eigenvalue weighted by Crippen LogP contribution is -2.45. The van der Waals surface area contributed by atoms with Gasteiger partial charge in [0.2, 0.25) is 0 Å². The molecule has 7 rings (SSSR count). The molecule has 0 spiro atoms. The van der Waals surface area contributed by atoms with E-state index < -0.39 is 11.6 Å². The van der Waals surface area contributed by atoms with Crippen LogP contribution in [0.1, 0.15) is 61.3 Å². The topological polar surface area (TPSA) is 97.4 Å². The van der Waals surface area contributed by atoms with Crippen LogP contribution in [0.2, 0.25) is 0 Å². The minimum Gasteiger partial charge on any atom is -0.373 e. The van der Waals surface area contributed by atoms with E-state index >= 15 is 0 Å². The largest absolute Gasteiger partial charge is 0.439 e. The van der Waals surface area contributed by atoms with E-state index in [-0.39, 0.29) is 29.6 Å². The van der Waals surface area contributed by atoms with Crippen molar-refractivity contribution in [3.8, 4) is 22.6 Å². The molecule has 2 aromatic heterocycles. The van der Waals surface area contributed by atoms with Gasteiger partial charge in [-0.25, -0.2) is 9.18 Å². The van der Waals surface area contributed by atoms with Crippen LogP contribution >= 0.6 is 0 Å². The molecule has 3 aliphatic rings. The van der Waals surface area contributed by atoms with Crippen molar-refractivity contribution in [1.82, 2.24) is 15.3 Å². The molecule has 4 heterocycles. The Kier molecular flexibility index (Phi) is 5.69. The fourth-order valence-electron chi connectivity index (χ4n) is 6.27. The van der Waals surface area contributed by atoms with Crippen molar-refractivity contribution in [3.63, 3.8) is 0 Å². The van der Waals surface area contributed by atoms with Crippen LogP contribution in [-0.4, -0.2) is 33.5 Å². The number of H-pyrrole nitrogens is 1. The molecule has 1 N–H and O–H groups in total. The van der Waals surface area contributed by atoms with Crippen molar-refractivity contribution in [1.29, 1.82) is 0 Å². The second-order valence-corrected chi connectivity index (χ2v) is 10.8. The molecule has 2 aliphatic heterocycles. The van der Waals surface area contributed by atoms with Crippen LogP contribution < -0.4 is 10.7 Å². The first-order chi connectivity index (χ1) is 18.5. The predicted octanol–water partition coefficient (Wildman–Crippen LogP) is 5.73. The van der Waals surface area contributed by atoms with Crippen LogP contribution in [-0.2, 0) is 11.3 Å². The van der Waals surface area contributed by atoms with Crippen LogP contribution in [0.25, 0.3) is 22.6 Å². The Hall–Kier alpha value is -3.72. The summed E-state index contributed by atoms with van der Waals surface area (Å²) in [6.45, 7) is 2.58. The number of aryl methyl sites for hydroxylation is 1. The highest BCUT2D eigenvalue weighted by molar-refractivity contribution is 5.67. The number of nitrogens with zero attached hydrogens (tertiary/aromatic N) is 3. The fourth-order valence-corrected chi connectivity index (χ4v) is 6.27. The van der Waals surface area contributed by atoms with Crippen molar-refractivity contribution >= 4 is 5.69 Å². The Labute approximate surface area is 218 Å². The number of piperidine rings is 1. The average molecular weight is 517 g/mol. The highest BCUT2D eigenvalue weighted by Crippen LogP contribution is 2.45. The quantitative estimate of drug-likeness (QED) is 0.335. The van der Waals surface area contributed by atoms with Crippen LogP contribution in [0.3, 0.4) is 0 Å². The summed E-state index contributed by atoms with van der Waals surface area (Å²) in [6.07, 6.45) is 6.29. The van der Waals surface area contributed by atoms with Crippen LogP contribution in [0, 0.1) is 12.7 Å². The number of halogens is 1. The average Bonchev–Trinajstić information content (AvgIpc) is 3.43. The Morgan fingerprint density at radius 3 is 2.50 bits per heavy atom. The minimum atomic E-state index is -0.704. The van der Waals surface area contributed by atoms with Crippen LogP contribution in [0.5, 0.6) is 0 Å². The monoisotopic (exact) mass is 516 g/mol. The number of hydrogen-bond donors (Lipinski definition) is 1. The van der Waals surface area contributed by atoms with Gasteiger partial charge in [-0.2, -0.15) is 0 Å². The maximum Gasteiger partial charge on any atom is 0.439 e. The number of anilines is 1. The van der Waals surface area contributed by atoms with Crippen LogP contribution in [0.15, 0.2) is 56.3 Å². The second-order valence-electron chi connectivity index (χ2n) is 10.8. The Morgan fingerprint density at radius 1 is 1.03 bits per heavy atom. The standard InChI is InChI=1S/C29H29FN4O4/c1-16-4-2-3-5-22(16)26-24(27(37-32-26)17-6-7-17)15-36-21-12-18-8-9-19(13-21)34(18)20-10-11-23(25(30)14-20)28-31-29(35)38-33-28/h2-5,10-11,14,17-19,21H,6-9,12-13,15H2,1H3,(H,31,33,35). The van der Waals surface area contributed by atoms with E-state index in [0.29, 0.717) is 12.5 Å². The van der Waals surface area contributed by atoms with Gasteiger partial charge in [0.15, 0.2) is 5.82 Å². The van der Waals surface area contributed by atoms with Crippen molar-refractivity contribution < 1.29 is 18.2 Å². The molecule has 1 aliphatic carbocycles. The van der Waals surface area contributed by atoms with Gasteiger partial charge in [-0.3, -0.25) is 9.51 Å². The van der Waals surface area contributed by atoms with Gasteiger partial charge >= 0.3 is 5.76 Å². The van der Waals surface area contributed by atoms with Gasteiger partial charge < -0.3 is 14.2 Å². The molecule has 0 radical (unpaired) electrons. The van der Waals surface area contributed by atoms with E-state index in [9.17, 15) is 9.18 Å². The molecule has 2 unspecified atom stereocenters. The number of benzene rings is 2. The highest BCUT2D eigenvalue weighted by Gasteiger charge is 2.42. The van der Waals surface area contributed by atoms with E-state index in [0.717, 1.165) is 66.8 Å². The maximum atomic E-state index is 15.0. The maximum absolute atomic E-state index is 15.0. The molecular formula is C29H29FN4O4. The molecule has 38 heavy (non-hydrogen) atoms. The third-order valence-electron chi connectivity index (χ3n) is 8.27. The summed E-state index contributed by atoms with van der Waals surface area (Å²) in [7, 11) is 0. The smallest absolute Gasteiger partial charge is 0.373 e. The Bertz CT molecular complexity index is 1520. The normalized spacial score (nSPS) is 22.8. The van der Waals surface area contributed by atoms with E-state index in [2.05, 4.69) is 43.8 Å². The zero-order valence-corrected chi connectivity index (χ0v) is 21.2. The molecule has 196 valence electrons. The number of fused-ring (bicyclic) bond motifs is 2. The predicted molar refractivity (Wildman–Crippen MR) is 138 cm³/mol. The van der Waals surface area contributed by atoms with Crippen LogP contribution in [0.4, 0.5) is 10.1 Å². The minimum absolute atomic E-state index is 0.0958. The van der Waals surface area contributed by atoms with Gasteiger partial charge in [0.05, 0.1) is 18.3 Å². The summed E-state index contributed by atoms with van der Waals surface area (Å²) in [4.78, 5) is 16.0. The van der Waals surface area contributed by atoms with Gasteiger partial charge in [-0.05, 0) is 69.2 Å². The second kappa shape index (κ2) is 9.23. The van der Waals surface area contributed by atoms with E-state index in [1.165, 1.54) is 11.6 Å². The molecular weight excluding hydrogens is 487 g/mol. The van der Waals surface area contributed by atoms with Crippen molar-refractivity contribution in [2.75, 3.05) is 4.90 Å². The zero-order valence-electron chi connectivity index (χ0n) is 21.2. The van der Waals surface area contributed by atoms with E-state index in [4.69, 9.17) is 9.26 Å². The number of rotatable bonds is 7. The first kappa shape index (κ1) is 23.4. The van der Waals surface area contributed by atoms with Gasteiger partial charge in [0, 0.05) is 34.8 Å². The van der Waals surface area contributed by atoms with Crippen molar-refractivity contribution in [2.24, 2.45) is 0 Å².